The van der Waals surface area contributed by atoms with Crippen molar-refractivity contribution in [2.75, 3.05) is 0 Å². The third-order valence-corrected chi connectivity index (χ3v) is 4.62. The average molecular weight is 331 g/mol. The van der Waals surface area contributed by atoms with Gasteiger partial charge in [-0.1, -0.05) is 42.8 Å². The van der Waals surface area contributed by atoms with E-state index in [2.05, 4.69) is 17.0 Å². The molecule has 128 valence electrons. The van der Waals surface area contributed by atoms with E-state index in [0.717, 1.165) is 36.0 Å². The lowest BCUT2D eigenvalue weighted by Crippen LogP contribution is -2.28. The molecule has 2 atom stereocenters. The summed E-state index contributed by atoms with van der Waals surface area (Å²) in [4.78, 5) is 17.1. The Labute approximate surface area is 139 Å². The molecule has 8 heteroatoms. The number of para-hydroxylation sites is 1. The molecule has 0 unspecified atom stereocenters. The lowest BCUT2D eigenvalue weighted by atomic mass is 9.86. The van der Waals surface area contributed by atoms with Gasteiger partial charge in [-0.25, -0.2) is 0 Å². The van der Waals surface area contributed by atoms with Gasteiger partial charge in [0.25, 0.3) is 5.49 Å². The van der Waals surface area contributed by atoms with E-state index in [1.807, 2.05) is 19.1 Å². The minimum absolute atomic E-state index is 0.0367. The van der Waals surface area contributed by atoms with Crippen molar-refractivity contribution in [3.8, 4) is 5.69 Å². The Morgan fingerprint density at radius 1 is 1.33 bits per heavy atom. The molecule has 3 rings (SSSR count). The van der Waals surface area contributed by atoms with Crippen molar-refractivity contribution in [2.24, 2.45) is 10.9 Å². The number of aromatic nitrogens is 3. The first-order chi connectivity index (χ1) is 11.5. The number of nitrogens with zero attached hydrogens (tertiary/aromatic N) is 5. The van der Waals surface area contributed by atoms with Crippen LogP contribution in [0.5, 0.6) is 0 Å². The van der Waals surface area contributed by atoms with E-state index < -0.39 is 10.7 Å². The van der Waals surface area contributed by atoms with Crippen LogP contribution >= 0.6 is 0 Å². The normalized spacial score (nSPS) is 21.8. The van der Waals surface area contributed by atoms with E-state index in [9.17, 15) is 15.3 Å². The van der Waals surface area contributed by atoms with Crippen molar-refractivity contribution in [2.45, 2.75) is 45.6 Å². The minimum atomic E-state index is -0.603. The highest BCUT2D eigenvalue weighted by Crippen LogP contribution is 2.26. The summed E-state index contributed by atoms with van der Waals surface area (Å²) in [5.41, 5.74) is 1.32. The van der Waals surface area contributed by atoms with E-state index in [0.29, 0.717) is 16.5 Å². The maximum absolute atomic E-state index is 11.4. The first kappa shape index (κ1) is 16.2. The molecule has 1 N–H and O–H groups in total. The van der Waals surface area contributed by atoms with Gasteiger partial charge in [0.15, 0.2) is 0 Å². The Morgan fingerprint density at radius 2 is 2.04 bits per heavy atom. The zero-order valence-corrected chi connectivity index (χ0v) is 13.8. The molecule has 1 fully saturated rings. The van der Waals surface area contributed by atoms with Gasteiger partial charge in [-0.3, -0.25) is 4.99 Å². The topological polar surface area (TPSA) is 98.5 Å². The van der Waals surface area contributed by atoms with Gasteiger partial charge in [-0.15, -0.1) is 0 Å². The first-order valence-corrected chi connectivity index (χ1v) is 8.15. The number of rotatable bonds is 3. The van der Waals surface area contributed by atoms with Crippen LogP contribution in [0.1, 0.15) is 38.2 Å². The predicted molar refractivity (Wildman–Crippen MR) is 87.1 cm³/mol. The number of hydrogen-bond donors (Lipinski definition) is 1. The molecule has 0 radical (unpaired) electrons. The van der Waals surface area contributed by atoms with Crippen LogP contribution in [-0.2, 0) is 0 Å². The molecule has 1 heterocycles. The standard InChI is InChI=1S/C16H21N5O3/c1-11-7-3-5-9-13(11)17-15-16(21(23)24)18-19(20(15)22)14-10-6-4-8-12(14)2/h4,6,8,10-11,13,22H,3,5,7,9H2,1-2H3/t11-,13-/m1/s1. The van der Waals surface area contributed by atoms with Crippen molar-refractivity contribution in [1.82, 2.24) is 14.7 Å². The molecule has 1 aliphatic rings. The SMILES string of the molecule is Cc1ccccc1-n1nc([N+](=O)[O-])c(=N[C@@H]2CCCC[C@H]2C)n1O. The van der Waals surface area contributed by atoms with Gasteiger partial charge in [0.05, 0.1) is 11.1 Å². The lowest BCUT2D eigenvalue weighted by molar-refractivity contribution is -0.391. The van der Waals surface area contributed by atoms with Gasteiger partial charge < -0.3 is 15.3 Å². The molecule has 1 aromatic carbocycles. The van der Waals surface area contributed by atoms with Crippen LogP contribution in [0.2, 0.25) is 0 Å². The summed E-state index contributed by atoms with van der Waals surface area (Å²) in [7, 11) is 0. The fourth-order valence-electron chi connectivity index (χ4n) is 3.17. The Hall–Kier alpha value is -2.64. The maximum Gasteiger partial charge on any atom is 0.438 e. The first-order valence-electron chi connectivity index (χ1n) is 8.15. The Morgan fingerprint density at radius 3 is 2.71 bits per heavy atom. The lowest BCUT2D eigenvalue weighted by Gasteiger charge is -2.24. The largest absolute Gasteiger partial charge is 0.438 e. The molecule has 24 heavy (non-hydrogen) atoms. The van der Waals surface area contributed by atoms with E-state index >= 15 is 0 Å². The van der Waals surface area contributed by atoms with Crippen molar-refractivity contribution >= 4 is 5.82 Å². The van der Waals surface area contributed by atoms with E-state index in [1.165, 1.54) is 0 Å². The summed E-state index contributed by atoms with van der Waals surface area (Å²) in [6.07, 6.45) is 4.10. The molecule has 0 spiro atoms. The van der Waals surface area contributed by atoms with E-state index in [1.54, 1.807) is 12.1 Å². The summed E-state index contributed by atoms with van der Waals surface area (Å²) in [6, 6.07) is 7.20. The molecule has 0 bridgehead atoms. The molecule has 1 aliphatic carbocycles. The summed E-state index contributed by atoms with van der Waals surface area (Å²) in [5, 5.41) is 25.8. The van der Waals surface area contributed by atoms with Gasteiger partial charge in [0.1, 0.15) is 5.69 Å². The fraction of sp³-hybridized carbons (Fsp3) is 0.500. The van der Waals surface area contributed by atoms with Crippen molar-refractivity contribution < 1.29 is 10.1 Å². The Kier molecular flexibility index (Phi) is 4.37. The highest BCUT2D eigenvalue weighted by molar-refractivity contribution is 5.38. The predicted octanol–water partition coefficient (Wildman–Crippen LogP) is 2.61. The van der Waals surface area contributed by atoms with Crippen LogP contribution in [-0.4, -0.2) is 30.9 Å². The number of hydrogen-bond acceptors (Lipinski definition) is 5. The minimum Gasteiger partial charge on any atom is -0.409 e. The summed E-state index contributed by atoms with van der Waals surface area (Å²) in [5.74, 6) is -0.0984. The summed E-state index contributed by atoms with van der Waals surface area (Å²) < 4.78 is 0. The molecule has 8 nitrogen and oxygen atoms in total. The quantitative estimate of drug-likeness (QED) is 0.531. The highest BCUT2D eigenvalue weighted by atomic mass is 16.6. The number of aryl methyl sites for hydroxylation is 1. The molecule has 1 aromatic heterocycles. The van der Waals surface area contributed by atoms with E-state index in [-0.39, 0.29) is 11.5 Å². The molecule has 1 saturated carbocycles. The third kappa shape index (κ3) is 2.91. The van der Waals surface area contributed by atoms with Crippen molar-refractivity contribution in [3.05, 3.63) is 45.4 Å². The molecule has 0 aliphatic heterocycles. The molecular weight excluding hydrogens is 310 g/mol. The molecule has 2 aromatic rings. The average Bonchev–Trinajstić information content (AvgIpc) is 2.87. The van der Waals surface area contributed by atoms with Crippen LogP contribution in [0.3, 0.4) is 0 Å². The zero-order chi connectivity index (χ0) is 17.3. The van der Waals surface area contributed by atoms with Crippen LogP contribution in [0.25, 0.3) is 5.69 Å². The van der Waals surface area contributed by atoms with Crippen LogP contribution < -0.4 is 5.49 Å². The second kappa shape index (κ2) is 6.46. The maximum atomic E-state index is 11.4. The zero-order valence-electron chi connectivity index (χ0n) is 13.8. The second-order valence-corrected chi connectivity index (χ2v) is 6.33. The van der Waals surface area contributed by atoms with E-state index in [4.69, 9.17) is 0 Å². The smallest absolute Gasteiger partial charge is 0.409 e. The van der Waals surface area contributed by atoms with Gasteiger partial charge in [0, 0.05) is 0 Å². The van der Waals surface area contributed by atoms with Crippen molar-refractivity contribution in [1.29, 1.82) is 0 Å². The highest BCUT2D eigenvalue weighted by Gasteiger charge is 2.27. The third-order valence-electron chi connectivity index (χ3n) is 4.62. The molecular formula is C16H21N5O3. The van der Waals surface area contributed by atoms with Crippen LogP contribution in [0.4, 0.5) is 5.82 Å². The Bertz CT molecular complexity index is 823. The monoisotopic (exact) mass is 331 g/mol. The van der Waals surface area contributed by atoms with Gasteiger partial charge in [-0.05, 0) is 47.0 Å². The summed E-state index contributed by atoms with van der Waals surface area (Å²) in [6.45, 7) is 3.94. The van der Waals surface area contributed by atoms with Gasteiger partial charge in [0.2, 0.25) is 0 Å². The second-order valence-electron chi connectivity index (χ2n) is 6.33. The van der Waals surface area contributed by atoms with Crippen LogP contribution in [0, 0.1) is 23.0 Å². The molecule has 0 saturated heterocycles. The molecule has 0 amide bonds. The summed E-state index contributed by atoms with van der Waals surface area (Å²) >= 11 is 0. The van der Waals surface area contributed by atoms with Crippen LogP contribution in [0.15, 0.2) is 29.3 Å². The number of nitro groups is 1. The van der Waals surface area contributed by atoms with Gasteiger partial charge in [-0.2, -0.15) is 0 Å². The number of benzene rings is 1. The Balaban J connectivity index is 2.15. The fourth-order valence-corrected chi connectivity index (χ4v) is 3.17. The van der Waals surface area contributed by atoms with Gasteiger partial charge >= 0.3 is 5.82 Å². The van der Waals surface area contributed by atoms with Crippen molar-refractivity contribution in [3.63, 3.8) is 0 Å².